The third kappa shape index (κ3) is 3.59. The number of aliphatic hydroxyl groups is 1. The van der Waals surface area contributed by atoms with Gasteiger partial charge < -0.3 is 15.0 Å². The van der Waals surface area contributed by atoms with Crippen LogP contribution in [-0.2, 0) is 12.6 Å². The van der Waals surface area contributed by atoms with Crippen LogP contribution in [0.15, 0.2) is 36.7 Å². The van der Waals surface area contributed by atoms with Crippen molar-refractivity contribution in [1.29, 1.82) is 0 Å². The maximum absolute atomic E-state index is 13.3. The summed E-state index contributed by atoms with van der Waals surface area (Å²) in [6.07, 6.45) is -3.16. The number of amides is 1. The third-order valence-electron chi connectivity index (χ3n) is 3.75. The van der Waals surface area contributed by atoms with E-state index in [4.69, 9.17) is 0 Å². The fraction of sp³-hybridized carbons (Fsp3) is 0.375. The Hall–Kier alpha value is -2.35. The third-order valence-corrected chi connectivity index (χ3v) is 3.75. The van der Waals surface area contributed by atoms with Gasteiger partial charge in [0, 0.05) is 38.0 Å². The maximum atomic E-state index is 13.3. The van der Waals surface area contributed by atoms with E-state index in [-0.39, 0.29) is 6.54 Å². The molecule has 1 aromatic carbocycles. The van der Waals surface area contributed by atoms with Crippen molar-refractivity contribution >= 4 is 5.91 Å². The lowest BCUT2D eigenvalue weighted by Gasteiger charge is -2.29. The Labute approximate surface area is 137 Å². The number of nitrogens with one attached hydrogen (secondary N) is 1. The highest BCUT2D eigenvalue weighted by molar-refractivity contribution is 5.94. The van der Waals surface area contributed by atoms with Crippen LogP contribution in [0.25, 0.3) is 0 Å². The van der Waals surface area contributed by atoms with E-state index in [0.29, 0.717) is 5.56 Å². The van der Waals surface area contributed by atoms with Crippen molar-refractivity contribution < 1.29 is 23.1 Å². The summed E-state index contributed by atoms with van der Waals surface area (Å²) in [4.78, 5) is 15.6. The van der Waals surface area contributed by atoms with Gasteiger partial charge in [0.05, 0.1) is 0 Å². The van der Waals surface area contributed by atoms with E-state index in [1.807, 2.05) is 6.92 Å². The van der Waals surface area contributed by atoms with Crippen LogP contribution in [0, 0.1) is 6.92 Å². The summed E-state index contributed by atoms with van der Waals surface area (Å²) in [6.45, 7) is 1.51. The van der Waals surface area contributed by atoms with E-state index in [9.17, 15) is 23.1 Å². The maximum Gasteiger partial charge on any atom is 0.424 e. The summed E-state index contributed by atoms with van der Waals surface area (Å²) in [5, 5.41) is 12.5. The minimum atomic E-state index is -4.92. The Bertz CT molecular complexity index is 710. The number of nitrogens with zero attached hydrogens (tertiary/aromatic N) is 2. The number of aryl methyl sites for hydroxylation is 2. The highest BCUT2D eigenvalue weighted by Crippen LogP contribution is 2.40. The molecule has 5 nitrogen and oxygen atoms in total. The molecule has 1 aromatic heterocycles. The zero-order chi connectivity index (χ0) is 18.0. The minimum Gasteiger partial charge on any atom is -0.374 e. The van der Waals surface area contributed by atoms with Gasteiger partial charge in [-0.05, 0) is 19.1 Å². The van der Waals surface area contributed by atoms with E-state index in [0.717, 1.165) is 10.1 Å². The summed E-state index contributed by atoms with van der Waals surface area (Å²) < 4.78 is 41.1. The molecule has 0 aliphatic heterocycles. The smallest absolute Gasteiger partial charge is 0.374 e. The molecule has 0 saturated heterocycles. The van der Waals surface area contributed by atoms with Gasteiger partial charge in [0.1, 0.15) is 5.82 Å². The highest BCUT2D eigenvalue weighted by atomic mass is 19.4. The SMILES string of the molecule is Cc1ccc(C(=O)NCC[C@](O)(c2nccn2C)C(F)(F)F)cc1. The zero-order valence-electron chi connectivity index (χ0n) is 13.3. The van der Waals surface area contributed by atoms with Gasteiger partial charge in [0.25, 0.3) is 5.91 Å². The summed E-state index contributed by atoms with van der Waals surface area (Å²) in [7, 11) is 1.37. The van der Waals surface area contributed by atoms with Gasteiger partial charge in [-0.25, -0.2) is 4.98 Å². The van der Waals surface area contributed by atoms with Crippen molar-refractivity contribution in [1.82, 2.24) is 14.9 Å². The Balaban J connectivity index is 2.08. The largest absolute Gasteiger partial charge is 0.424 e. The molecule has 0 aliphatic carbocycles. The van der Waals surface area contributed by atoms with Crippen LogP contribution >= 0.6 is 0 Å². The molecule has 24 heavy (non-hydrogen) atoms. The van der Waals surface area contributed by atoms with Crippen molar-refractivity contribution in [3.63, 3.8) is 0 Å². The number of carbonyl (C=O) groups excluding carboxylic acids is 1. The standard InChI is InChI=1S/C16H18F3N3O2/c1-11-3-5-12(6-4-11)13(23)20-8-7-15(24,16(17,18)19)14-21-9-10-22(14)2/h3-6,9-10,24H,7-8H2,1-2H3,(H,20,23)/t15-/m0/s1. The topological polar surface area (TPSA) is 67.2 Å². The van der Waals surface area contributed by atoms with Crippen molar-refractivity contribution in [2.24, 2.45) is 7.05 Å². The van der Waals surface area contributed by atoms with Gasteiger partial charge in [-0.3, -0.25) is 4.79 Å². The molecular formula is C16H18F3N3O2. The summed E-state index contributed by atoms with van der Waals surface area (Å²) in [6, 6.07) is 6.63. The first-order chi connectivity index (χ1) is 11.1. The van der Waals surface area contributed by atoms with Gasteiger partial charge in [0.2, 0.25) is 5.60 Å². The average Bonchev–Trinajstić information content (AvgIpc) is 2.93. The average molecular weight is 341 g/mol. The van der Waals surface area contributed by atoms with Crippen LogP contribution in [0.5, 0.6) is 0 Å². The molecule has 2 N–H and O–H groups in total. The Morgan fingerprint density at radius 2 is 1.92 bits per heavy atom. The van der Waals surface area contributed by atoms with E-state index < -0.39 is 29.9 Å². The minimum absolute atomic E-state index is 0.341. The van der Waals surface area contributed by atoms with E-state index in [1.54, 1.807) is 24.3 Å². The normalized spacial score (nSPS) is 14.2. The lowest BCUT2D eigenvalue weighted by molar-refractivity contribution is -0.272. The Morgan fingerprint density at radius 1 is 1.29 bits per heavy atom. The second kappa shape index (κ2) is 6.64. The summed E-state index contributed by atoms with van der Waals surface area (Å²) >= 11 is 0. The molecule has 1 heterocycles. The van der Waals surface area contributed by atoms with Crippen LogP contribution in [0.4, 0.5) is 13.2 Å². The van der Waals surface area contributed by atoms with Crippen LogP contribution in [0.3, 0.4) is 0 Å². The molecule has 0 fully saturated rings. The van der Waals surface area contributed by atoms with Gasteiger partial charge in [-0.1, -0.05) is 17.7 Å². The first-order valence-electron chi connectivity index (χ1n) is 7.27. The van der Waals surface area contributed by atoms with E-state index in [2.05, 4.69) is 10.3 Å². The quantitative estimate of drug-likeness (QED) is 0.877. The van der Waals surface area contributed by atoms with Gasteiger partial charge >= 0.3 is 6.18 Å². The summed E-state index contributed by atoms with van der Waals surface area (Å²) in [5.41, 5.74) is -1.83. The number of aromatic nitrogens is 2. The molecule has 2 rings (SSSR count). The first kappa shape index (κ1) is 18.0. The molecule has 0 aliphatic rings. The molecule has 1 amide bonds. The van der Waals surface area contributed by atoms with Crippen LogP contribution < -0.4 is 5.32 Å². The number of carbonyl (C=O) groups is 1. The predicted molar refractivity (Wildman–Crippen MR) is 81.3 cm³/mol. The molecular weight excluding hydrogens is 323 g/mol. The number of rotatable bonds is 5. The number of benzene rings is 1. The Kier molecular flexibility index (Phi) is 4.98. The van der Waals surface area contributed by atoms with Gasteiger partial charge in [-0.15, -0.1) is 0 Å². The molecule has 0 unspecified atom stereocenters. The van der Waals surface area contributed by atoms with Crippen molar-refractivity contribution in [2.45, 2.75) is 25.1 Å². The molecule has 130 valence electrons. The van der Waals surface area contributed by atoms with Gasteiger partial charge in [-0.2, -0.15) is 13.2 Å². The Morgan fingerprint density at radius 3 is 2.42 bits per heavy atom. The van der Waals surface area contributed by atoms with E-state index in [1.165, 1.54) is 19.4 Å². The fourth-order valence-electron chi connectivity index (χ4n) is 2.31. The van der Waals surface area contributed by atoms with E-state index >= 15 is 0 Å². The fourth-order valence-corrected chi connectivity index (χ4v) is 2.31. The molecule has 0 bridgehead atoms. The molecule has 8 heteroatoms. The lowest BCUT2D eigenvalue weighted by Crippen LogP contribution is -2.46. The lowest BCUT2D eigenvalue weighted by atomic mass is 9.97. The van der Waals surface area contributed by atoms with Crippen molar-refractivity contribution in [3.05, 3.63) is 53.6 Å². The number of alkyl halides is 3. The molecule has 2 aromatic rings. The highest BCUT2D eigenvalue weighted by Gasteiger charge is 2.57. The number of imidazole rings is 1. The molecule has 1 atom stereocenters. The number of halogens is 3. The second-order valence-electron chi connectivity index (χ2n) is 5.59. The monoisotopic (exact) mass is 341 g/mol. The van der Waals surface area contributed by atoms with Crippen LogP contribution in [0.1, 0.15) is 28.2 Å². The number of hydrogen-bond donors (Lipinski definition) is 2. The first-order valence-corrected chi connectivity index (χ1v) is 7.27. The second-order valence-corrected chi connectivity index (χ2v) is 5.59. The van der Waals surface area contributed by atoms with Crippen LogP contribution in [0.2, 0.25) is 0 Å². The number of hydrogen-bond acceptors (Lipinski definition) is 3. The molecule has 0 saturated carbocycles. The molecule has 0 radical (unpaired) electrons. The molecule has 0 spiro atoms. The zero-order valence-corrected chi connectivity index (χ0v) is 13.3. The van der Waals surface area contributed by atoms with Crippen LogP contribution in [-0.4, -0.2) is 33.3 Å². The van der Waals surface area contributed by atoms with Crippen molar-refractivity contribution in [2.75, 3.05) is 6.54 Å². The van der Waals surface area contributed by atoms with Gasteiger partial charge in [0.15, 0.2) is 0 Å². The van der Waals surface area contributed by atoms with Crippen molar-refractivity contribution in [3.8, 4) is 0 Å². The summed E-state index contributed by atoms with van der Waals surface area (Å²) in [5.74, 6) is -1.01. The predicted octanol–water partition coefficient (Wildman–Crippen LogP) is 2.30.